The van der Waals surface area contributed by atoms with Gasteiger partial charge in [-0.15, -0.1) is 0 Å². The molecule has 3 N–H and O–H groups in total. The maximum Gasteiger partial charge on any atom is 0.221 e. The summed E-state index contributed by atoms with van der Waals surface area (Å²) >= 11 is 6.33. The third kappa shape index (κ3) is 7.28. The van der Waals surface area contributed by atoms with Crippen LogP contribution in [0.25, 0.3) is 43.6 Å². The predicted octanol–water partition coefficient (Wildman–Crippen LogP) is 8.13. The van der Waals surface area contributed by atoms with E-state index < -0.39 is 0 Å². The summed E-state index contributed by atoms with van der Waals surface area (Å²) in [5.74, 6) is 3.40. The van der Waals surface area contributed by atoms with Crippen LogP contribution in [-0.4, -0.2) is 64.3 Å². The Morgan fingerprint density at radius 3 is 2.09 bits per heavy atom. The van der Waals surface area contributed by atoms with Gasteiger partial charge in [0.25, 0.3) is 0 Å². The molecule has 4 aromatic carbocycles. The molecule has 14 heteroatoms. The Kier molecular flexibility index (Phi) is 9.82. The van der Waals surface area contributed by atoms with Crippen LogP contribution in [0, 0.1) is 0 Å². The van der Waals surface area contributed by atoms with Crippen molar-refractivity contribution in [1.29, 1.82) is 0 Å². The highest BCUT2D eigenvalue weighted by atomic mass is 35.5. The number of benzene rings is 4. The van der Waals surface area contributed by atoms with Gasteiger partial charge in [-0.05, 0) is 72.3 Å². The van der Waals surface area contributed by atoms with Crippen LogP contribution < -0.4 is 29.6 Å². The standard InChI is InChI=1S/C20H19N5O3.C19H16ClN3O2/c1-11(26)22-17-8-12(4-7-18(17)28-3)23-20-19-15(10-21-25-19)14-9-13(27-2)5-6-16(14)24-20;1-24-13-5-3-12(4-6-13)10-23-11-16-15-9-14(25-2)7-8-17(15)21-19(20)18(16)22-23/h4-10H,1-3H3,(H,21,25)(H,22,26)(H,23,24);3-9,11H,10H2,1-2H3. The van der Waals surface area contributed by atoms with Gasteiger partial charge in [0.05, 0.1) is 57.9 Å². The number of fused-ring (bicyclic) bond motifs is 6. The minimum atomic E-state index is -0.177. The number of carbonyl (C=O) groups excluding carboxylic acids is 1. The molecule has 0 spiro atoms. The van der Waals surface area contributed by atoms with E-state index in [0.29, 0.717) is 34.5 Å². The van der Waals surface area contributed by atoms with Crippen molar-refractivity contribution in [2.75, 3.05) is 39.1 Å². The molecule has 0 unspecified atom stereocenters. The van der Waals surface area contributed by atoms with Crippen LogP contribution in [0.4, 0.5) is 17.2 Å². The van der Waals surface area contributed by atoms with Crippen LogP contribution in [0.15, 0.2) is 91.3 Å². The molecule has 0 atom stereocenters. The molecule has 0 bridgehead atoms. The topological polar surface area (TPSA) is 150 Å². The summed E-state index contributed by atoms with van der Waals surface area (Å²) in [6.07, 6.45) is 3.76. The SMILES string of the molecule is COc1ccc(Cn2cc3c(n2)c(Cl)nc2ccc(OC)cc23)cc1.COc1ccc2nc(Nc3ccc(OC)c(NC(C)=O)c3)c3[nH]ncc3c2c1. The fraction of sp³-hybridized carbons (Fsp3) is 0.154. The van der Waals surface area contributed by atoms with Crippen molar-refractivity contribution >= 4 is 78.3 Å². The summed E-state index contributed by atoms with van der Waals surface area (Å²) in [6, 6.07) is 24.8. The van der Waals surface area contributed by atoms with E-state index in [4.69, 9.17) is 35.5 Å². The average Bonchev–Trinajstić information content (AvgIpc) is 3.84. The third-order valence-electron chi connectivity index (χ3n) is 8.55. The first-order chi connectivity index (χ1) is 25.8. The minimum absolute atomic E-state index is 0.177. The highest BCUT2D eigenvalue weighted by molar-refractivity contribution is 6.35. The predicted molar refractivity (Wildman–Crippen MR) is 207 cm³/mol. The molecule has 4 aromatic heterocycles. The van der Waals surface area contributed by atoms with E-state index in [9.17, 15) is 4.79 Å². The number of methoxy groups -OCH3 is 4. The van der Waals surface area contributed by atoms with E-state index in [2.05, 4.69) is 30.9 Å². The molecule has 13 nitrogen and oxygen atoms in total. The maximum atomic E-state index is 11.5. The molecular formula is C39H35ClN8O5. The fourth-order valence-corrected chi connectivity index (χ4v) is 6.22. The number of amides is 1. The second kappa shape index (κ2) is 14.9. The maximum absolute atomic E-state index is 11.5. The molecule has 0 saturated carbocycles. The highest BCUT2D eigenvalue weighted by Crippen LogP contribution is 2.34. The highest BCUT2D eigenvalue weighted by Gasteiger charge is 2.14. The van der Waals surface area contributed by atoms with Crippen molar-refractivity contribution < 1.29 is 23.7 Å². The normalized spacial score (nSPS) is 11.0. The Labute approximate surface area is 308 Å². The van der Waals surface area contributed by atoms with Crippen molar-refractivity contribution in [3.63, 3.8) is 0 Å². The van der Waals surface area contributed by atoms with Crippen LogP contribution >= 0.6 is 11.6 Å². The summed E-state index contributed by atoms with van der Waals surface area (Å²) in [4.78, 5) is 20.6. The quantitative estimate of drug-likeness (QED) is 0.124. The molecule has 4 heterocycles. The zero-order valence-electron chi connectivity index (χ0n) is 29.5. The lowest BCUT2D eigenvalue weighted by molar-refractivity contribution is -0.114. The lowest BCUT2D eigenvalue weighted by atomic mass is 10.1. The number of rotatable bonds is 9. The molecular weight excluding hydrogens is 696 g/mol. The van der Waals surface area contributed by atoms with Crippen LogP contribution in [0.3, 0.4) is 0 Å². The van der Waals surface area contributed by atoms with E-state index in [1.54, 1.807) is 46.8 Å². The number of halogens is 1. The van der Waals surface area contributed by atoms with Gasteiger partial charge in [0, 0.05) is 40.4 Å². The van der Waals surface area contributed by atoms with Gasteiger partial charge in [-0.2, -0.15) is 10.2 Å². The van der Waals surface area contributed by atoms with E-state index in [1.807, 2.05) is 77.6 Å². The van der Waals surface area contributed by atoms with Crippen LogP contribution in [0.2, 0.25) is 5.15 Å². The molecule has 0 radical (unpaired) electrons. The Hall–Kier alpha value is -6.60. The number of H-pyrrole nitrogens is 1. The van der Waals surface area contributed by atoms with Crippen molar-refractivity contribution in [3.05, 3.63) is 102 Å². The Morgan fingerprint density at radius 2 is 1.43 bits per heavy atom. The molecule has 8 rings (SSSR count). The number of carbonyl (C=O) groups is 1. The second-order valence-electron chi connectivity index (χ2n) is 11.9. The molecule has 0 aliphatic carbocycles. The molecule has 0 saturated heterocycles. The number of aromatic nitrogens is 6. The molecule has 8 aromatic rings. The van der Waals surface area contributed by atoms with Gasteiger partial charge < -0.3 is 29.6 Å². The van der Waals surface area contributed by atoms with Gasteiger partial charge >= 0.3 is 0 Å². The molecule has 53 heavy (non-hydrogen) atoms. The first-order valence-corrected chi connectivity index (χ1v) is 16.8. The molecule has 0 fully saturated rings. The Bertz CT molecular complexity index is 2600. The summed E-state index contributed by atoms with van der Waals surface area (Å²) < 4.78 is 23.0. The summed E-state index contributed by atoms with van der Waals surface area (Å²) in [6.45, 7) is 2.09. The summed E-state index contributed by atoms with van der Waals surface area (Å²) in [7, 11) is 6.49. The molecule has 268 valence electrons. The van der Waals surface area contributed by atoms with Crippen LogP contribution in [-0.2, 0) is 11.3 Å². The summed E-state index contributed by atoms with van der Waals surface area (Å²) in [5.41, 5.74) is 5.55. The van der Waals surface area contributed by atoms with Crippen molar-refractivity contribution in [3.8, 4) is 23.0 Å². The van der Waals surface area contributed by atoms with Crippen LogP contribution in [0.5, 0.6) is 23.0 Å². The molecule has 0 aliphatic heterocycles. The van der Waals surface area contributed by atoms with E-state index >= 15 is 0 Å². The van der Waals surface area contributed by atoms with Crippen molar-refractivity contribution in [1.82, 2.24) is 29.9 Å². The second-order valence-corrected chi connectivity index (χ2v) is 12.3. The van der Waals surface area contributed by atoms with E-state index in [1.165, 1.54) is 6.92 Å². The monoisotopic (exact) mass is 730 g/mol. The number of hydrogen-bond donors (Lipinski definition) is 3. The van der Waals surface area contributed by atoms with Crippen molar-refractivity contribution in [2.45, 2.75) is 13.5 Å². The molecule has 0 aliphatic rings. The average molecular weight is 731 g/mol. The first kappa shape index (κ1) is 34.8. The zero-order chi connectivity index (χ0) is 37.1. The number of aromatic amines is 1. The Morgan fingerprint density at radius 1 is 0.774 bits per heavy atom. The lowest BCUT2D eigenvalue weighted by Gasteiger charge is -2.13. The largest absolute Gasteiger partial charge is 0.497 e. The number of hydrogen-bond acceptors (Lipinski definition) is 10. The lowest BCUT2D eigenvalue weighted by Crippen LogP contribution is -2.07. The van der Waals surface area contributed by atoms with Gasteiger partial charge in [-0.25, -0.2) is 9.97 Å². The van der Waals surface area contributed by atoms with Gasteiger partial charge in [-0.1, -0.05) is 23.7 Å². The third-order valence-corrected chi connectivity index (χ3v) is 8.81. The van der Waals surface area contributed by atoms with Gasteiger partial charge in [0.1, 0.15) is 34.0 Å². The van der Waals surface area contributed by atoms with Gasteiger partial charge in [-0.3, -0.25) is 14.6 Å². The smallest absolute Gasteiger partial charge is 0.221 e. The van der Waals surface area contributed by atoms with Crippen molar-refractivity contribution in [2.24, 2.45) is 0 Å². The fourth-order valence-electron chi connectivity index (χ4n) is 5.99. The zero-order valence-corrected chi connectivity index (χ0v) is 30.3. The van der Waals surface area contributed by atoms with Gasteiger partial charge in [0.2, 0.25) is 5.91 Å². The molecule has 1 amide bonds. The number of pyridine rings is 2. The Balaban J connectivity index is 0.000000165. The number of anilines is 3. The number of nitrogens with zero attached hydrogens (tertiary/aromatic N) is 5. The van der Waals surface area contributed by atoms with Crippen LogP contribution in [0.1, 0.15) is 12.5 Å². The number of ether oxygens (including phenoxy) is 4. The van der Waals surface area contributed by atoms with E-state index in [0.717, 1.165) is 66.6 Å². The first-order valence-electron chi connectivity index (χ1n) is 16.4. The minimum Gasteiger partial charge on any atom is -0.497 e. The van der Waals surface area contributed by atoms with E-state index in [-0.39, 0.29) is 5.91 Å². The number of nitrogens with one attached hydrogen (secondary N) is 3. The summed E-state index contributed by atoms with van der Waals surface area (Å²) in [5, 5.41) is 22.1. The van der Waals surface area contributed by atoms with Gasteiger partial charge in [0.15, 0.2) is 11.0 Å².